The number of hydrogen-bond donors (Lipinski definition) is 1. The minimum Gasteiger partial charge on any atom is -0.467 e. The fraction of sp³-hybridized carbons (Fsp3) is 0.600. The molecule has 1 N–H and O–H groups in total. The lowest BCUT2D eigenvalue weighted by Gasteiger charge is -2.39. The summed E-state index contributed by atoms with van der Waals surface area (Å²) < 4.78 is 6.58. The Balaban J connectivity index is 1.59. The smallest absolute Gasteiger partial charge is 0.314 e. The molecule has 0 saturated carbocycles. The average Bonchev–Trinajstić information content (AvgIpc) is 3.25. The van der Waals surface area contributed by atoms with E-state index in [0.29, 0.717) is 12.6 Å². The Kier molecular flexibility index (Phi) is 3.14. The molecule has 1 spiro atoms. The molecule has 0 aromatic carbocycles. The second kappa shape index (κ2) is 5.07. The molecule has 23 heavy (non-hydrogen) atoms. The SMILES string of the molecule is COc1nc(C(=O)N2CCCC3(CCc4cn[nH]c43)C2)nn1C. The van der Waals surface area contributed by atoms with E-state index in [0.717, 1.165) is 32.2 Å². The molecule has 3 heterocycles. The van der Waals surface area contributed by atoms with Crippen molar-refractivity contribution in [3.05, 3.63) is 23.3 Å². The number of aryl methyl sites for hydroxylation is 2. The number of aromatic nitrogens is 5. The maximum atomic E-state index is 12.8. The van der Waals surface area contributed by atoms with Crippen LogP contribution in [-0.2, 0) is 18.9 Å². The number of rotatable bonds is 2. The molecule has 0 radical (unpaired) electrons. The number of likely N-dealkylation sites (tertiary alicyclic amines) is 1. The zero-order chi connectivity index (χ0) is 16.0. The summed E-state index contributed by atoms with van der Waals surface area (Å²) in [7, 11) is 3.24. The second-order valence-electron chi connectivity index (χ2n) is 6.43. The van der Waals surface area contributed by atoms with Crippen molar-refractivity contribution in [1.82, 2.24) is 29.9 Å². The molecule has 2 aromatic rings. The molecule has 2 aromatic heterocycles. The molecule has 8 heteroatoms. The summed E-state index contributed by atoms with van der Waals surface area (Å²) in [6, 6.07) is 0.344. The van der Waals surface area contributed by atoms with Gasteiger partial charge in [0.15, 0.2) is 0 Å². The first-order valence-corrected chi connectivity index (χ1v) is 7.90. The highest BCUT2D eigenvalue weighted by Gasteiger charge is 2.45. The number of H-pyrrole nitrogens is 1. The highest BCUT2D eigenvalue weighted by atomic mass is 16.5. The number of nitrogens with zero attached hydrogens (tertiary/aromatic N) is 5. The maximum absolute atomic E-state index is 12.8. The van der Waals surface area contributed by atoms with E-state index in [9.17, 15) is 4.79 Å². The maximum Gasteiger partial charge on any atom is 0.314 e. The van der Waals surface area contributed by atoms with Crippen LogP contribution in [0.25, 0.3) is 0 Å². The van der Waals surface area contributed by atoms with Crippen molar-refractivity contribution in [3.8, 4) is 6.01 Å². The average molecular weight is 316 g/mol. The predicted octanol–water partition coefficient (Wildman–Crippen LogP) is 0.667. The second-order valence-corrected chi connectivity index (χ2v) is 6.43. The van der Waals surface area contributed by atoms with Gasteiger partial charge in [-0.3, -0.25) is 9.89 Å². The molecule has 1 amide bonds. The largest absolute Gasteiger partial charge is 0.467 e. The van der Waals surface area contributed by atoms with E-state index in [4.69, 9.17) is 4.74 Å². The molecule has 1 unspecified atom stereocenters. The van der Waals surface area contributed by atoms with Gasteiger partial charge in [-0.05, 0) is 31.2 Å². The molecule has 8 nitrogen and oxygen atoms in total. The molecule has 0 bridgehead atoms. The van der Waals surface area contributed by atoms with Crippen LogP contribution in [0.4, 0.5) is 0 Å². The number of carbonyl (C=O) groups is 1. The quantitative estimate of drug-likeness (QED) is 0.879. The van der Waals surface area contributed by atoms with Crippen molar-refractivity contribution in [2.24, 2.45) is 7.05 Å². The third-order valence-electron chi connectivity index (χ3n) is 5.08. The van der Waals surface area contributed by atoms with Gasteiger partial charge in [0.2, 0.25) is 5.82 Å². The molecule has 2 aliphatic rings. The van der Waals surface area contributed by atoms with Crippen molar-refractivity contribution >= 4 is 5.91 Å². The Morgan fingerprint density at radius 1 is 1.43 bits per heavy atom. The Hall–Kier alpha value is -2.38. The van der Waals surface area contributed by atoms with Crippen LogP contribution in [0.3, 0.4) is 0 Å². The van der Waals surface area contributed by atoms with E-state index in [1.54, 1.807) is 7.05 Å². The summed E-state index contributed by atoms with van der Waals surface area (Å²) >= 11 is 0. The van der Waals surface area contributed by atoms with Gasteiger partial charge in [0.1, 0.15) is 0 Å². The molecule has 1 aliphatic carbocycles. The minimum atomic E-state index is -0.129. The molecule has 122 valence electrons. The fourth-order valence-electron chi connectivity index (χ4n) is 3.95. The Bertz CT molecular complexity index is 751. The van der Waals surface area contributed by atoms with E-state index in [1.165, 1.54) is 23.0 Å². The molecule has 1 atom stereocenters. The number of fused-ring (bicyclic) bond motifs is 2. The topological polar surface area (TPSA) is 88.9 Å². The molecule has 1 fully saturated rings. The summed E-state index contributed by atoms with van der Waals surface area (Å²) in [6.45, 7) is 1.44. The summed E-state index contributed by atoms with van der Waals surface area (Å²) in [5.74, 6) is 0.0696. The number of carbonyl (C=O) groups excluding carboxylic acids is 1. The first-order valence-electron chi connectivity index (χ1n) is 7.90. The highest BCUT2D eigenvalue weighted by Crippen LogP contribution is 2.43. The van der Waals surface area contributed by atoms with Crippen LogP contribution >= 0.6 is 0 Å². The zero-order valence-electron chi connectivity index (χ0n) is 13.4. The van der Waals surface area contributed by atoms with Crippen LogP contribution < -0.4 is 4.74 Å². The lowest BCUT2D eigenvalue weighted by molar-refractivity contribution is 0.0620. The first-order chi connectivity index (χ1) is 11.1. The van der Waals surface area contributed by atoms with Crippen LogP contribution in [0.2, 0.25) is 0 Å². The lowest BCUT2D eigenvalue weighted by atomic mass is 9.77. The first kappa shape index (κ1) is 14.2. The Morgan fingerprint density at radius 3 is 3.09 bits per heavy atom. The minimum absolute atomic E-state index is 0.0125. The number of methoxy groups -OCH3 is 1. The van der Waals surface area contributed by atoms with Gasteiger partial charge in [0.05, 0.1) is 13.3 Å². The summed E-state index contributed by atoms with van der Waals surface area (Å²) in [5.41, 5.74) is 2.51. The van der Waals surface area contributed by atoms with Crippen molar-refractivity contribution < 1.29 is 9.53 Å². The Morgan fingerprint density at radius 2 is 2.30 bits per heavy atom. The third kappa shape index (κ3) is 2.12. The predicted molar refractivity (Wildman–Crippen MR) is 81.3 cm³/mol. The van der Waals surface area contributed by atoms with Gasteiger partial charge in [0, 0.05) is 31.2 Å². The number of amides is 1. The van der Waals surface area contributed by atoms with Gasteiger partial charge in [-0.15, -0.1) is 5.10 Å². The molecular formula is C15H20N6O2. The Labute approximate surface area is 133 Å². The van der Waals surface area contributed by atoms with Crippen LogP contribution in [0.5, 0.6) is 6.01 Å². The molecular weight excluding hydrogens is 296 g/mol. The van der Waals surface area contributed by atoms with Crippen LogP contribution in [0.15, 0.2) is 6.20 Å². The van der Waals surface area contributed by atoms with Crippen LogP contribution in [0.1, 0.15) is 41.1 Å². The number of piperidine rings is 1. The number of nitrogens with one attached hydrogen (secondary N) is 1. The van der Waals surface area contributed by atoms with Gasteiger partial charge in [-0.2, -0.15) is 10.1 Å². The van der Waals surface area contributed by atoms with Crippen LogP contribution in [-0.4, -0.2) is 56.0 Å². The molecule has 1 aliphatic heterocycles. The standard InChI is InChI=1S/C15H20N6O2/c1-20-14(23-2)17-12(19-20)13(22)21-7-3-5-15(9-21)6-4-10-8-16-18-11(10)15/h8H,3-7,9H2,1-2H3,(H,16,18). The normalized spacial score (nSPS) is 23.3. The van der Waals surface area contributed by atoms with Crippen LogP contribution in [0, 0.1) is 0 Å². The van der Waals surface area contributed by atoms with Gasteiger partial charge in [-0.25, -0.2) is 4.68 Å². The lowest BCUT2D eigenvalue weighted by Crippen LogP contribution is -2.48. The van der Waals surface area contributed by atoms with E-state index in [-0.39, 0.29) is 17.1 Å². The monoisotopic (exact) mass is 316 g/mol. The number of aromatic amines is 1. The zero-order valence-corrected chi connectivity index (χ0v) is 13.4. The fourth-order valence-corrected chi connectivity index (χ4v) is 3.95. The van der Waals surface area contributed by atoms with Gasteiger partial charge in [0.25, 0.3) is 5.91 Å². The van der Waals surface area contributed by atoms with Crippen molar-refractivity contribution in [3.63, 3.8) is 0 Å². The van der Waals surface area contributed by atoms with Crippen molar-refractivity contribution in [2.45, 2.75) is 31.1 Å². The highest BCUT2D eigenvalue weighted by molar-refractivity contribution is 5.90. The number of ether oxygens (including phenoxy) is 1. The van der Waals surface area contributed by atoms with Gasteiger partial charge >= 0.3 is 6.01 Å². The third-order valence-corrected chi connectivity index (χ3v) is 5.08. The summed E-state index contributed by atoms with van der Waals surface area (Å²) in [6.07, 6.45) is 6.08. The molecule has 1 saturated heterocycles. The summed E-state index contributed by atoms with van der Waals surface area (Å²) in [4.78, 5) is 18.8. The van der Waals surface area contributed by atoms with E-state index >= 15 is 0 Å². The van der Waals surface area contributed by atoms with E-state index < -0.39 is 0 Å². The van der Waals surface area contributed by atoms with Gasteiger partial charge < -0.3 is 9.64 Å². The van der Waals surface area contributed by atoms with Crippen molar-refractivity contribution in [2.75, 3.05) is 20.2 Å². The van der Waals surface area contributed by atoms with Crippen molar-refractivity contribution in [1.29, 1.82) is 0 Å². The van der Waals surface area contributed by atoms with Gasteiger partial charge in [-0.1, -0.05) is 0 Å². The summed E-state index contributed by atoms with van der Waals surface area (Å²) in [5, 5.41) is 11.5. The van der Waals surface area contributed by atoms with E-state index in [2.05, 4.69) is 20.3 Å². The number of hydrogen-bond acceptors (Lipinski definition) is 5. The van der Waals surface area contributed by atoms with E-state index in [1.807, 2.05) is 11.1 Å². The molecule has 4 rings (SSSR count).